The largest absolute Gasteiger partial charge is 0.478 e. The molecule has 2 N–H and O–H groups in total. The van der Waals surface area contributed by atoms with E-state index in [1.165, 1.54) is 51.2 Å². The van der Waals surface area contributed by atoms with Gasteiger partial charge in [-0.3, -0.25) is 4.68 Å². The van der Waals surface area contributed by atoms with Gasteiger partial charge in [-0.15, -0.1) is 0 Å². The Morgan fingerprint density at radius 3 is 1.77 bits per heavy atom. The summed E-state index contributed by atoms with van der Waals surface area (Å²) in [5.41, 5.74) is 3.41. The van der Waals surface area contributed by atoms with E-state index in [0.717, 1.165) is 35.9 Å². The zero-order valence-electron chi connectivity index (χ0n) is 19.7. The summed E-state index contributed by atoms with van der Waals surface area (Å²) in [5, 5.41) is 21.8. The zero-order chi connectivity index (χ0) is 24.0. The molecule has 182 valence electrons. The van der Waals surface area contributed by atoms with Crippen molar-refractivity contribution in [2.75, 3.05) is 36.0 Å². The SMILES string of the molecule is O=C(O)c1cnn(Cc2ccc(N3CC4(CC4)C3)nc2)c1.OCc1ccc(N2CC3(CC3)C2)nc1. The van der Waals surface area contributed by atoms with Crippen LogP contribution in [0.25, 0.3) is 0 Å². The van der Waals surface area contributed by atoms with Crippen LogP contribution in [0.2, 0.25) is 0 Å². The summed E-state index contributed by atoms with van der Waals surface area (Å²) in [4.78, 5) is 24.3. The first-order valence-corrected chi connectivity index (χ1v) is 12.2. The molecule has 0 amide bonds. The van der Waals surface area contributed by atoms with Gasteiger partial charge in [-0.1, -0.05) is 12.1 Å². The van der Waals surface area contributed by atoms with E-state index in [4.69, 9.17) is 10.2 Å². The van der Waals surface area contributed by atoms with E-state index in [-0.39, 0.29) is 12.2 Å². The molecule has 2 saturated heterocycles. The van der Waals surface area contributed by atoms with E-state index in [2.05, 4.69) is 24.9 Å². The molecule has 4 fully saturated rings. The second kappa shape index (κ2) is 8.34. The molecule has 7 rings (SSSR count). The normalized spacial score (nSPS) is 20.0. The summed E-state index contributed by atoms with van der Waals surface area (Å²) in [6, 6.07) is 8.01. The predicted octanol–water partition coefficient (Wildman–Crippen LogP) is 2.80. The fourth-order valence-electron chi connectivity index (χ4n) is 4.98. The van der Waals surface area contributed by atoms with Crippen molar-refractivity contribution in [1.29, 1.82) is 0 Å². The minimum Gasteiger partial charge on any atom is -0.478 e. The Morgan fingerprint density at radius 2 is 1.37 bits per heavy atom. The Morgan fingerprint density at radius 1 is 0.829 bits per heavy atom. The lowest BCUT2D eigenvalue weighted by Gasteiger charge is -2.40. The molecule has 2 aliphatic carbocycles. The van der Waals surface area contributed by atoms with E-state index < -0.39 is 5.97 Å². The van der Waals surface area contributed by atoms with Crippen molar-refractivity contribution in [1.82, 2.24) is 19.7 Å². The van der Waals surface area contributed by atoms with Gasteiger partial charge in [-0.2, -0.15) is 5.10 Å². The van der Waals surface area contributed by atoms with Crippen molar-refractivity contribution in [3.63, 3.8) is 0 Å². The van der Waals surface area contributed by atoms with Crippen LogP contribution in [0.4, 0.5) is 11.6 Å². The molecular formula is C26H30N6O3. The molecule has 9 nitrogen and oxygen atoms in total. The van der Waals surface area contributed by atoms with Gasteiger partial charge >= 0.3 is 5.97 Å². The first-order valence-electron chi connectivity index (χ1n) is 12.2. The number of aliphatic hydroxyl groups excluding tert-OH is 1. The molecule has 5 heterocycles. The molecule has 0 bridgehead atoms. The highest BCUT2D eigenvalue weighted by Gasteiger charge is 2.53. The van der Waals surface area contributed by atoms with Gasteiger partial charge in [0.15, 0.2) is 0 Å². The lowest BCUT2D eigenvalue weighted by molar-refractivity contribution is 0.0696. The van der Waals surface area contributed by atoms with Crippen molar-refractivity contribution in [2.45, 2.75) is 38.8 Å². The molecule has 2 aliphatic heterocycles. The van der Waals surface area contributed by atoms with Crippen LogP contribution in [-0.4, -0.2) is 62.1 Å². The Kier molecular flexibility index (Phi) is 5.25. The number of carboxylic acid groups (broad SMARTS) is 1. The summed E-state index contributed by atoms with van der Waals surface area (Å²) in [5.74, 6) is 1.13. The molecule has 9 heteroatoms. The van der Waals surface area contributed by atoms with Gasteiger partial charge in [0.05, 0.1) is 24.9 Å². The van der Waals surface area contributed by atoms with Crippen molar-refractivity contribution < 1.29 is 15.0 Å². The maximum Gasteiger partial charge on any atom is 0.338 e. The van der Waals surface area contributed by atoms with Crippen molar-refractivity contribution >= 4 is 17.6 Å². The number of carboxylic acids is 1. The number of nitrogens with zero attached hydrogens (tertiary/aromatic N) is 6. The van der Waals surface area contributed by atoms with E-state index in [9.17, 15) is 4.79 Å². The fourth-order valence-corrected chi connectivity index (χ4v) is 4.98. The van der Waals surface area contributed by atoms with Crippen LogP contribution in [-0.2, 0) is 13.2 Å². The molecule has 2 saturated carbocycles. The van der Waals surface area contributed by atoms with Gasteiger partial charge < -0.3 is 20.0 Å². The molecule has 4 aliphatic rings. The third kappa shape index (κ3) is 4.60. The highest BCUT2D eigenvalue weighted by Crippen LogP contribution is 2.54. The second-order valence-electron chi connectivity index (χ2n) is 10.7. The third-order valence-corrected chi connectivity index (χ3v) is 7.69. The molecule has 0 atom stereocenters. The van der Waals surface area contributed by atoms with Crippen LogP contribution in [0.5, 0.6) is 0 Å². The molecule has 0 radical (unpaired) electrons. The van der Waals surface area contributed by atoms with Crippen LogP contribution in [0.15, 0.2) is 49.1 Å². The molecule has 3 aromatic rings. The third-order valence-electron chi connectivity index (χ3n) is 7.69. The molecule has 3 aromatic heterocycles. The quantitative estimate of drug-likeness (QED) is 0.562. The maximum atomic E-state index is 10.8. The first kappa shape index (κ1) is 22.0. The number of anilines is 2. The number of pyridine rings is 2. The van der Waals surface area contributed by atoms with Crippen LogP contribution in [0, 0.1) is 10.8 Å². The number of carbonyl (C=O) groups is 1. The second-order valence-corrected chi connectivity index (χ2v) is 10.7. The van der Waals surface area contributed by atoms with Gasteiger partial charge in [0, 0.05) is 55.6 Å². The first-order chi connectivity index (χ1) is 16.9. The van der Waals surface area contributed by atoms with Crippen LogP contribution in [0.3, 0.4) is 0 Å². The zero-order valence-corrected chi connectivity index (χ0v) is 19.7. The van der Waals surface area contributed by atoms with E-state index in [0.29, 0.717) is 17.4 Å². The van der Waals surface area contributed by atoms with Crippen molar-refractivity contribution in [3.05, 3.63) is 65.7 Å². The van der Waals surface area contributed by atoms with E-state index >= 15 is 0 Å². The Hall–Kier alpha value is -3.46. The minimum atomic E-state index is -0.957. The van der Waals surface area contributed by atoms with Crippen LogP contribution < -0.4 is 9.80 Å². The molecule has 2 spiro atoms. The maximum absolute atomic E-state index is 10.8. The standard InChI is InChI=1S/C15H16N4O2.C11H14N2O/c20-14(21)12-6-17-19(8-12)7-11-1-2-13(16-5-11)18-9-15(10-18)3-4-15;14-6-9-1-2-10(12-5-9)13-7-11(8-13)3-4-11/h1-2,5-6,8H,3-4,7,9-10H2,(H,20,21);1-2,5,14H,3-4,6-8H2. The number of aliphatic hydroxyl groups is 1. The van der Waals surface area contributed by atoms with E-state index in [1.54, 1.807) is 10.9 Å². The summed E-state index contributed by atoms with van der Waals surface area (Å²) >= 11 is 0. The Bertz CT molecular complexity index is 1200. The van der Waals surface area contributed by atoms with Gasteiger partial charge in [-0.25, -0.2) is 14.8 Å². The number of hydrogen-bond donors (Lipinski definition) is 2. The molecule has 35 heavy (non-hydrogen) atoms. The smallest absolute Gasteiger partial charge is 0.338 e. The van der Waals surface area contributed by atoms with Gasteiger partial charge in [0.25, 0.3) is 0 Å². The van der Waals surface area contributed by atoms with Crippen molar-refractivity contribution in [3.8, 4) is 0 Å². The van der Waals surface area contributed by atoms with Gasteiger partial charge in [0.2, 0.25) is 0 Å². The Labute approximate surface area is 204 Å². The van der Waals surface area contributed by atoms with Crippen LogP contribution in [0.1, 0.15) is 47.2 Å². The highest BCUT2D eigenvalue weighted by atomic mass is 16.4. The fraction of sp³-hybridized carbons (Fsp3) is 0.462. The average Bonchev–Trinajstić information content (AvgIpc) is 3.75. The number of hydrogen-bond acceptors (Lipinski definition) is 7. The van der Waals surface area contributed by atoms with Crippen LogP contribution >= 0.6 is 0 Å². The average molecular weight is 475 g/mol. The number of aromatic carboxylic acids is 1. The van der Waals surface area contributed by atoms with Gasteiger partial charge in [-0.05, 0) is 48.9 Å². The van der Waals surface area contributed by atoms with Crippen molar-refractivity contribution in [2.24, 2.45) is 10.8 Å². The molecular weight excluding hydrogens is 444 g/mol. The monoisotopic (exact) mass is 474 g/mol. The number of aromatic nitrogens is 4. The predicted molar refractivity (Wildman–Crippen MR) is 130 cm³/mol. The summed E-state index contributed by atoms with van der Waals surface area (Å²) in [7, 11) is 0. The highest BCUT2D eigenvalue weighted by molar-refractivity contribution is 5.86. The summed E-state index contributed by atoms with van der Waals surface area (Å²) < 4.78 is 1.61. The molecule has 0 unspecified atom stereocenters. The molecule has 0 aromatic carbocycles. The van der Waals surface area contributed by atoms with Gasteiger partial charge in [0.1, 0.15) is 11.6 Å². The lowest BCUT2D eigenvalue weighted by Crippen LogP contribution is -2.48. The van der Waals surface area contributed by atoms with E-state index in [1.807, 2.05) is 30.5 Å². The summed E-state index contributed by atoms with van der Waals surface area (Å²) in [6.45, 7) is 5.25. The summed E-state index contributed by atoms with van der Waals surface area (Å²) in [6.07, 6.45) is 12.0. The lowest BCUT2D eigenvalue weighted by atomic mass is 9.97. The number of rotatable bonds is 6. The topological polar surface area (TPSA) is 108 Å². The Balaban J connectivity index is 0.000000141. The minimum absolute atomic E-state index is 0.0806.